The Balaban J connectivity index is 1.91. The third-order valence-electron chi connectivity index (χ3n) is 5.08. The smallest absolute Gasteiger partial charge is 0.416 e. The lowest BCUT2D eigenvalue weighted by Gasteiger charge is -2.36. The maximum Gasteiger partial charge on any atom is 0.416 e. The number of piperazine rings is 1. The maximum atomic E-state index is 13.2. The van der Waals surface area contributed by atoms with Gasteiger partial charge < -0.3 is 15.0 Å². The highest BCUT2D eigenvalue weighted by Gasteiger charge is 2.38. The van der Waals surface area contributed by atoms with Crippen molar-refractivity contribution >= 4 is 5.91 Å². The van der Waals surface area contributed by atoms with E-state index in [-0.39, 0.29) is 12.6 Å². The normalized spacial score (nSPS) is 17.5. The zero-order valence-corrected chi connectivity index (χ0v) is 16.5. The number of rotatable bonds is 4. The number of alkyl halides is 6. The Kier molecular flexibility index (Phi) is 6.49. The number of hydrogen-bond donors (Lipinski definition) is 1. The summed E-state index contributed by atoms with van der Waals surface area (Å²) in [6.07, 6.45) is -9.64. The molecule has 2 aromatic carbocycles. The molecule has 1 atom stereocenters. The first-order valence-electron chi connectivity index (χ1n) is 9.43. The number of ether oxygens (including phenoxy) is 1. The van der Waals surface area contributed by atoms with Crippen LogP contribution in [0.3, 0.4) is 0 Å². The number of nitrogens with zero attached hydrogens (tertiary/aromatic N) is 1. The third kappa shape index (κ3) is 5.49. The van der Waals surface area contributed by atoms with Crippen molar-refractivity contribution in [1.29, 1.82) is 0 Å². The van der Waals surface area contributed by atoms with E-state index in [1.54, 1.807) is 24.3 Å². The van der Waals surface area contributed by atoms with Gasteiger partial charge in [0.1, 0.15) is 5.75 Å². The van der Waals surface area contributed by atoms with Crippen LogP contribution < -0.4 is 10.1 Å². The van der Waals surface area contributed by atoms with Crippen molar-refractivity contribution in [2.45, 2.75) is 24.8 Å². The van der Waals surface area contributed by atoms with Crippen molar-refractivity contribution in [3.05, 3.63) is 64.7 Å². The second kappa shape index (κ2) is 8.78. The fraction of sp³-hybridized carbons (Fsp3) is 0.381. The highest BCUT2D eigenvalue weighted by atomic mass is 19.4. The summed E-state index contributed by atoms with van der Waals surface area (Å²) in [5.41, 5.74) is -2.80. The highest BCUT2D eigenvalue weighted by Crippen LogP contribution is 2.36. The first-order valence-corrected chi connectivity index (χ1v) is 9.43. The lowest BCUT2D eigenvalue weighted by atomic mass is 9.99. The number of halogens is 6. The molecular formula is C21H20F6N2O2. The lowest BCUT2D eigenvalue weighted by molar-refractivity contribution is -0.143. The van der Waals surface area contributed by atoms with Crippen molar-refractivity contribution in [3.8, 4) is 5.75 Å². The van der Waals surface area contributed by atoms with Gasteiger partial charge in [-0.3, -0.25) is 4.79 Å². The van der Waals surface area contributed by atoms with E-state index in [4.69, 9.17) is 4.74 Å². The zero-order valence-electron chi connectivity index (χ0n) is 16.5. The average molecular weight is 446 g/mol. The third-order valence-corrected chi connectivity index (χ3v) is 5.08. The Morgan fingerprint density at radius 1 is 1.03 bits per heavy atom. The molecule has 0 aromatic heterocycles. The summed E-state index contributed by atoms with van der Waals surface area (Å²) in [5.74, 6) is -0.223. The zero-order chi connectivity index (χ0) is 22.8. The SMILES string of the molecule is COc1ccc(C[C@@H]2CNCCN2C(=O)c2cc(C(F)(F)F)cc(C(F)(F)F)c2)cc1. The number of hydrogen-bond acceptors (Lipinski definition) is 3. The van der Waals surface area contributed by atoms with Gasteiger partial charge >= 0.3 is 12.4 Å². The largest absolute Gasteiger partial charge is 0.497 e. The van der Waals surface area contributed by atoms with Crippen LogP contribution in [0.25, 0.3) is 0 Å². The summed E-state index contributed by atoms with van der Waals surface area (Å²) in [5, 5.41) is 3.11. The van der Waals surface area contributed by atoms with Crippen LogP contribution in [0, 0.1) is 0 Å². The molecule has 1 heterocycles. The van der Waals surface area contributed by atoms with E-state index in [9.17, 15) is 31.1 Å². The molecule has 1 aliphatic heterocycles. The van der Waals surface area contributed by atoms with E-state index < -0.39 is 41.0 Å². The van der Waals surface area contributed by atoms with E-state index in [0.29, 0.717) is 37.4 Å². The predicted octanol–water partition coefficient (Wildman–Crippen LogP) is 4.39. The minimum absolute atomic E-state index is 0.0172. The minimum Gasteiger partial charge on any atom is -0.497 e. The molecule has 1 N–H and O–H groups in total. The van der Waals surface area contributed by atoms with Gasteiger partial charge in [0, 0.05) is 31.2 Å². The summed E-state index contributed by atoms with van der Waals surface area (Å²) >= 11 is 0. The second-order valence-electron chi connectivity index (χ2n) is 7.20. The highest BCUT2D eigenvalue weighted by molar-refractivity contribution is 5.95. The molecule has 0 bridgehead atoms. The molecule has 1 fully saturated rings. The number of carbonyl (C=O) groups is 1. The number of benzene rings is 2. The molecule has 1 saturated heterocycles. The van der Waals surface area contributed by atoms with Gasteiger partial charge in [0.05, 0.1) is 18.2 Å². The van der Waals surface area contributed by atoms with E-state index in [1.807, 2.05) is 0 Å². The van der Waals surface area contributed by atoms with Gasteiger partial charge in [-0.05, 0) is 42.3 Å². The Bertz CT molecular complexity index is 893. The molecule has 1 aliphatic rings. The summed E-state index contributed by atoms with van der Waals surface area (Å²) in [4.78, 5) is 14.3. The van der Waals surface area contributed by atoms with Crippen LogP contribution in [0.2, 0.25) is 0 Å². The molecule has 0 radical (unpaired) electrons. The molecule has 4 nitrogen and oxygen atoms in total. The van der Waals surface area contributed by atoms with Crippen LogP contribution in [0.1, 0.15) is 27.0 Å². The van der Waals surface area contributed by atoms with Gasteiger partial charge in [0.15, 0.2) is 0 Å². The van der Waals surface area contributed by atoms with Gasteiger partial charge in [-0.25, -0.2) is 0 Å². The van der Waals surface area contributed by atoms with E-state index >= 15 is 0 Å². The van der Waals surface area contributed by atoms with Gasteiger partial charge in [-0.15, -0.1) is 0 Å². The molecule has 31 heavy (non-hydrogen) atoms. The van der Waals surface area contributed by atoms with Crippen LogP contribution in [-0.2, 0) is 18.8 Å². The Labute approximate surface area is 174 Å². The molecule has 168 valence electrons. The van der Waals surface area contributed by atoms with E-state index in [2.05, 4.69) is 5.32 Å². The van der Waals surface area contributed by atoms with Gasteiger partial charge in [-0.2, -0.15) is 26.3 Å². The Hall–Kier alpha value is -2.75. The topological polar surface area (TPSA) is 41.6 Å². The van der Waals surface area contributed by atoms with Gasteiger partial charge in [0.25, 0.3) is 5.91 Å². The maximum absolute atomic E-state index is 13.2. The summed E-state index contributed by atoms with van der Waals surface area (Å²) < 4.78 is 84.0. The number of nitrogens with one attached hydrogen (secondary N) is 1. The fourth-order valence-electron chi connectivity index (χ4n) is 3.49. The number of methoxy groups -OCH3 is 1. The van der Waals surface area contributed by atoms with Crippen LogP contribution in [0.15, 0.2) is 42.5 Å². The summed E-state index contributed by atoms with van der Waals surface area (Å²) in [6, 6.07) is 7.60. The first-order chi connectivity index (χ1) is 14.5. The van der Waals surface area contributed by atoms with E-state index in [0.717, 1.165) is 5.56 Å². The van der Waals surface area contributed by atoms with Crippen LogP contribution in [0.4, 0.5) is 26.3 Å². The van der Waals surface area contributed by atoms with Crippen molar-refractivity contribution in [2.24, 2.45) is 0 Å². The van der Waals surface area contributed by atoms with Crippen molar-refractivity contribution < 1.29 is 35.9 Å². The quantitative estimate of drug-likeness (QED) is 0.709. The molecule has 3 rings (SSSR count). The second-order valence-corrected chi connectivity index (χ2v) is 7.20. The van der Waals surface area contributed by atoms with Crippen molar-refractivity contribution in [2.75, 3.05) is 26.7 Å². The first kappa shape index (κ1) is 22.9. The molecule has 2 aromatic rings. The van der Waals surface area contributed by atoms with Crippen molar-refractivity contribution in [1.82, 2.24) is 10.2 Å². The molecule has 1 amide bonds. The molecule has 0 spiro atoms. The molecular weight excluding hydrogens is 426 g/mol. The molecule has 10 heteroatoms. The number of amides is 1. The summed E-state index contributed by atoms with van der Waals surface area (Å²) in [7, 11) is 1.52. The summed E-state index contributed by atoms with van der Waals surface area (Å²) in [6.45, 7) is 0.913. The monoisotopic (exact) mass is 446 g/mol. The molecule has 0 saturated carbocycles. The minimum atomic E-state index is -5.01. The van der Waals surface area contributed by atoms with E-state index in [1.165, 1.54) is 12.0 Å². The van der Waals surface area contributed by atoms with Gasteiger partial charge in [0.2, 0.25) is 0 Å². The molecule has 0 aliphatic carbocycles. The van der Waals surface area contributed by atoms with Crippen LogP contribution in [0.5, 0.6) is 5.75 Å². The standard InChI is InChI=1S/C21H20F6N2O2/c1-31-18-4-2-13(3-5-18)8-17-12-28-6-7-29(17)19(30)14-9-15(20(22,23)24)11-16(10-14)21(25,26)27/h2-5,9-11,17,28H,6-8,12H2,1H3/t17-/m1/s1. The Morgan fingerprint density at radius 2 is 1.61 bits per heavy atom. The van der Waals surface area contributed by atoms with Crippen LogP contribution in [-0.4, -0.2) is 43.6 Å². The fourth-order valence-corrected chi connectivity index (χ4v) is 3.49. The van der Waals surface area contributed by atoms with Gasteiger partial charge in [-0.1, -0.05) is 12.1 Å². The van der Waals surface area contributed by atoms with Crippen LogP contribution >= 0.6 is 0 Å². The molecule has 0 unspecified atom stereocenters. The van der Waals surface area contributed by atoms with Crippen molar-refractivity contribution in [3.63, 3.8) is 0 Å². The number of carbonyl (C=O) groups excluding carboxylic acids is 1. The predicted molar refractivity (Wildman–Crippen MR) is 101 cm³/mol. The lowest BCUT2D eigenvalue weighted by Crippen LogP contribution is -2.54. The Morgan fingerprint density at radius 3 is 2.13 bits per heavy atom. The average Bonchev–Trinajstić information content (AvgIpc) is 2.72.